The summed E-state index contributed by atoms with van der Waals surface area (Å²) >= 11 is 0. The molecule has 70 heavy (non-hydrogen) atoms. The Morgan fingerprint density at radius 2 is 0.557 bits per heavy atom. The highest BCUT2D eigenvalue weighted by Gasteiger charge is 2.19. The van der Waals surface area contributed by atoms with Crippen LogP contribution in [-0.4, -0.2) is 37.2 Å². The SMILES string of the molecule is CC/C=C\C/C=C\C/C=C\C/C=C\C/C=C\C/C=C\C/C=C\CCCCCCCC(=O)OCC(COC(=O)CCCCCCC/C=C\CCC)OC(=O)CCCC/C=C\C/C=C\C/C=C\C/C=C\CC. The van der Waals surface area contributed by atoms with Gasteiger partial charge in [0.15, 0.2) is 6.10 Å². The summed E-state index contributed by atoms with van der Waals surface area (Å²) in [5.74, 6) is -0.994. The number of carbonyl (C=O) groups excluding carboxylic acids is 3. The van der Waals surface area contributed by atoms with Crippen molar-refractivity contribution in [3.05, 3.63) is 146 Å². The molecule has 0 heterocycles. The number of carbonyl (C=O) groups is 3. The summed E-state index contributed by atoms with van der Waals surface area (Å²) in [4.78, 5) is 38.0. The highest BCUT2D eigenvalue weighted by molar-refractivity contribution is 5.71. The number of esters is 3. The van der Waals surface area contributed by atoms with E-state index in [1.807, 2.05) is 0 Å². The number of hydrogen-bond acceptors (Lipinski definition) is 6. The second kappa shape index (κ2) is 56.9. The summed E-state index contributed by atoms with van der Waals surface area (Å²) in [6.07, 6.45) is 81.3. The van der Waals surface area contributed by atoms with Gasteiger partial charge in [0.1, 0.15) is 13.2 Å². The molecule has 0 saturated carbocycles. The van der Waals surface area contributed by atoms with Crippen LogP contribution in [0.15, 0.2) is 146 Å². The molecule has 0 saturated heterocycles. The van der Waals surface area contributed by atoms with Gasteiger partial charge in [-0.1, -0.05) is 212 Å². The van der Waals surface area contributed by atoms with Gasteiger partial charge >= 0.3 is 17.9 Å². The predicted molar refractivity (Wildman–Crippen MR) is 302 cm³/mol. The van der Waals surface area contributed by atoms with E-state index < -0.39 is 6.10 Å². The van der Waals surface area contributed by atoms with Crippen molar-refractivity contribution in [2.24, 2.45) is 0 Å². The lowest BCUT2D eigenvalue weighted by Crippen LogP contribution is -2.30. The average molecular weight is 965 g/mol. The first kappa shape index (κ1) is 65.3. The van der Waals surface area contributed by atoms with Crippen LogP contribution in [-0.2, 0) is 28.6 Å². The number of ether oxygens (including phenoxy) is 3. The smallest absolute Gasteiger partial charge is 0.306 e. The molecular weight excluding hydrogens is 865 g/mol. The Kier molecular flexibility index (Phi) is 53.0. The summed E-state index contributed by atoms with van der Waals surface area (Å²) in [6.45, 7) is 6.27. The van der Waals surface area contributed by atoms with Gasteiger partial charge in [-0.2, -0.15) is 0 Å². The zero-order valence-corrected chi connectivity index (χ0v) is 44.7. The first-order chi connectivity index (χ1) is 34.5. The molecule has 6 heteroatoms. The van der Waals surface area contributed by atoms with E-state index in [0.717, 1.165) is 161 Å². The lowest BCUT2D eigenvalue weighted by atomic mass is 10.1. The van der Waals surface area contributed by atoms with Gasteiger partial charge in [-0.15, -0.1) is 0 Å². The zero-order valence-electron chi connectivity index (χ0n) is 44.7. The van der Waals surface area contributed by atoms with Crippen LogP contribution in [0.2, 0.25) is 0 Å². The van der Waals surface area contributed by atoms with Crippen LogP contribution < -0.4 is 0 Å². The van der Waals surface area contributed by atoms with Gasteiger partial charge in [-0.25, -0.2) is 0 Å². The molecule has 0 aliphatic carbocycles. The van der Waals surface area contributed by atoms with Crippen molar-refractivity contribution in [1.82, 2.24) is 0 Å². The topological polar surface area (TPSA) is 78.9 Å². The largest absolute Gasteiger partial charge is 0.462 e. The molecule has 1 unspecified atom stereocenters. The molecule has 0 bridgehead atoms. The summed E-state index contributed by atoms with van der Waals surface area (Å²) in [5.41, 5.74) is 0. The number of hydrogen-bond donors (Lipinski definition) is 0. The Balaban J connectivity index is 4.39. The van der Waals surface area contributed by atoms with Crippen LogP contribution >= 0.6 is 0 Å². The molecule has 0 aliphatic rings. The monoisotopic (exact) mass is 965 g/mol. The number of allylic oxidation sites excluding steroid dienone is 24. The summed E-state index contributed by atoms with van der Waals surface area (Å²) in [6, 6.07) is 0. The molecule has 0 radical (unpaired) electrons. The minimum absolute atomic E-state index is 0.111. The van der Waals surface area contributed by atoms with Gasteiger partial charge in [0.2, 0.25) is 0 Å². The van der Waals surface area contributed by atoms with Crippen molar-refractivity contribution in [3.8, 4) is 0 Å². The second-order valence-electron chi connectivity index (χ2n) is 17.7. The quantitative estimate of drug-likeness (QED) is 0.0262. The van der Waals surface area contributed by atoms with Crippen molar-refractivity contribution in [1.29, 1.82) is 0 Å². The predicted octanol–water partition coefficient (Wildman–Crippen LogP) is 18.8. The fraction of sp³-hybridized carbons (Fsp3) is 0.578. The van der Waals surface area contributed by atoms with Gasteiger partial charge < -0.3 is 14.2 Å². The molecule has 0 aromatic rings. The minimum atomic E-state index is -0.817. The second-order valence-corrected chi connectivity index (χ2v) is 17.7. The fourth-order valence-electron chi connectivity index (χ4n) is 6.94. The zero-order chi connectivity index (χ0) is 50.7. The Labute approximate surface area is 429 Å². The Morgan fingerprint density at radius 3 is 0.914 bits per heavy atom. The average Bonchev–Trinajstić information content (AvgIpc) is 3.36. The molecule has 0 aromatic heterocycles. The van der Waals surface area contributed by atoms with Gasteiger partial charge in [0.05, 0.1) is 0 Å². The molecule has 0 fully saturated rings. The van der Waals surface area contributed by atoms with Crippen molar-refractivity contribution in [2.45, 2.75) is 226 Å². The lowest BCUT2D eigenvalue weighted by Gasteiger charge is -2.18. The van der Waals surface area contributed by atoms with Crippen molar-refractivity contribution < 1.29 is 28.6 Å². The maximum atomic E-state index is 12.8. The molecule has 0 aromatic carbocycles. The molecule has 1 atom stereocenters. The lowest BCUT2D eigenvalue weighted by molar-refractivity contribution is -0.167. The molecule has 0 spiro atoms. The first-order valence-electron chi connectivity index (χ1n) is 27.8. The van der Waals surface area contributed by atoms with E-state index in [9.17, 15) is 14.4 Å². The van der Waals surface area contributed by atoms with Crippen LogP contribution in [0.25, 0.3) is 0 Å². The highest BCUT2D eigenvalue weighted by Crippen LogP contribution is 2.12. The third kappa shape index (κ3) is 54.2. The minimum Gasteiger partial charge on any atom is -0.462 e. The standard InChI is InChI=1S/C64H100O6/c1-4-7-10-13-16-19-22-24-26-27-28-29-30-31-32-33-34-35-36-37-39-40-42-45-48-51-54-57-63(66)69-60-61(59-68-62(65)56-53-50-47-44-21-18-15-12-9-6-3)70-64(67)58-55-52-49-46-43-41-38-25-23-20-17-14-11-8-5-2/h7-8,10-12,15-17,19-20,24-26,28-29,31-32,34-35,37-39,43,46,61H,4-6,9,13-14,18,21-23,27,30,33,36,40-42,44-45,47-60H2,1-3H3/b10-7-,11-8-,15-12-,19-16-,20-17-,26-24-,29-28-,32-31-,35-34-,38-25-,39-37-,46-43-. The van der Waals surface area contributed by atoms with Crippen LogP contribution in [0, 0.1) is 0 Å². The maximum Gasteiger partial charge on any atom is 0.306 e. The Hall–Kier alpha value is -4.71. The van der Waals surface area contributed by atoms with Gasteiger partial charge in [0.25, 0.3) is 0 Å². The van der Waals surface area contributed by atoms with E-state index in [1.165, 1.54) is 12.8 Å². The van der Waals surface area contributed by atoms with E-state index in [0.29, 0.717) is 19.3 Å². The van der Waals surface area contributed by atoms with E-state index >= 15 is 0 Å². The van der Waals surface area contributed by atoms with Crippen LogP contribution in [0.4, 0.5) is 0 Å². The summed E-state index contributed by atoms with van der Waals surface area (Å²) in [7, 11) is 0. The molecule has 0 N–H and O–H groups in total. The molecular formula is C64H100O6. The fourth-order valence-corrected chi connectivity index (χ4v) is 6.94. The van der Waals surface area contributed by atoms with Crippen LogP contribution in [0.3, 0.4) is 0 Å². The van der Waals surface area contributed by atoms with E-state index in [2.05, 4.69) is 167 Å². The molecule has 6 nitrogen and oxygen atoms in total. The maximum absolute atomic E-state index is 12.8. The first-order valence-corrected chi connectivity index (χ1v) is 27.8. The van der Waals surface area contributed by atoms with Crippen molar-refractivity contribution in [2.75, 3.05) is 13.2 Å². The Morgan fingerprint density at radius 1 is 0.300 bits per heavy atom. The van der Waals surface area contributed by atoms with E-state index in [4.69, 9.17) is 14.2 Å². The third-order valence-corrected chi connectivity index (χ3v) is 11.0. The number of rotatable bonds is 48. The molecule has 0 aliphatic heterocycles. The van der Waals surface area contributed by atoms with Crippen LogP contribution in [0.1, 0.15) is 220 Å². The van der Waals surface area contributed by atoms with Gasteiger partial charge in [-0.05, 0) is 135 Å². The van der Waals surface area contributed by atoms with Crippen molar-refractivity contribution >= 4 is 17.9 Å². The summed E-state index contributed by atoms with van der Waals surface area (Å²) < 4.78 is 16.7. The van der Waals surface area contributed by atoms with E-state index in [1.54, 1.807) is 0 Å². The molecule has 0 amide bonds. The highest BCUT2D eigenvalue weighted by atomic mass is 16.6. The Bertz CT molecular complexity index is 1580. The van der Waals surface area contributed by atoms with Crippen molar-refractivity contribution in [3.63, 3.8) is 0 Å². The van der Waals surface area contributed by atoms with Gasteiger partial charge in [0, 0.05) is 19.3 Å². The normalized spacial score (nSPS) is 13.2. The third-order valence-electron chi connectivity index (χ3n) is 11.0. The van der Waals surface area contributed by atoms with Crippen LogP contribution in [0.5, 0.6) is 0 Å². The van der Waals surface area contributed by atoms with E-state index in [-0.39, 0.29) is 37.5 Å². The molecule has 392 valence electrons. The van der Waals surface area contributed by atoms with Gasteiger partial charge in [-0.3, -0.25) is 14.4 Å². The summed E-state index contributed by atoms with van der Waals surface area (Å²) in [5, 5.41) is 0. The molecule has 0 rings (SSSR count). The number of unbranched alkanes of at least 4 members (excludes halogenated alkanes) is 13.